The molecule has 0 amide bonds. The molecule has 2 rings (SSSR count). The molecule has 0 radical (unpaired) electrons. The molecule has 3 heteroatoms. The number of aryl methyl sites for hydroxylation is 1. The Morgan fingerprint density at radius 2 is 2.14 bits per heavy atom. The van der Waals surface area contributed by atoms with Crippen molar-refractivity contribution in [1.82, 2.24) is 4.57 Å². The lowest BCUT2D eigenvalue weighted by molar-refractivity contribution is 0.961. The van der Waals surface area contributed by atoms with Crippen molar-refractivity contribution in [2.45, 2.75) is 6.42 Å². The van der Waals surface area contributed by atoms with Crippen molar-refractivity contribution in [3.05, 3.63) is 35.0 Å². The molecule has 14 heavy (non-hydrogen) atoms. The molecule has 0 saturated carbocycles. The highest BCUT2D eigenvalue weighted by molar-refractivity contribution is 6.30. The van der Waals surface area contributed by atoms with E-state index in [-0.39, 0.29) is 0 Å². The van der Waals surface area contributed by atoms with Crippen LogP contribution >= 0.6 is 11.6 Å². The lowest BCUT2D eigenvalue weighted by Crippen LogP contribution is -2.02. The van der Waals surface area contributed by atoms with Gasteiger partial charge in [-0.05, 0) is 36.7 Å². The van der Waals surface area contributed by atoms with Crippen molar-refractivity contribution in [3.8, 4) is 0 Å². The second-order valence-electron chi connectivity index (χ2n) is 3.46. The van der Waals surface area contributed by atoms with E-state index in [1.165, 1.54) is 10.9 Å². The maximum atomic E-state index is 6.02. The monoisotopic (exact) mass is 208 g/mol. The van der Waals surface area contributed by atoms with Gasteiger partial charge in [-0.25, -0.2) is 0 Å². The third-order valence-corrected chi connectivity index (χ3v) is 2.84. The second-order valence-corrected chi connectivity index (χ2v) is 3.85. The summed E-state index contributed by atoms with van der Waals surface area (Å²) in [5, 5.41) is 1.95. The van der Waals surface area contributed by atoms with Gasteiger partial charge < -0.3 is 10.3 Å². The van der Waals surface area contributed by atoms with Gasteiger partial charge in [-0.1, -0.05) is 17.7 Å². The maximum Gasteiger partial charge on any atom is 0.109 e. The van der Waals surface area contributed by atoms with Crippen LogP contribution in [0.4, 0.5) is 0 Å². The van der Waals surface area contributed by atoms with Crippen LogP contribution in [0.2, 0.25) is 5.15 Å². The second kappa shape index (κ2) is 3.64. The van der Waals surface area contributed by atoms with E-state index < -0.39 is 0 Å². The van der Waals surface area contributed by atoms with Gasteiger partial charge in [0.2, 0.25) is 0 Å². The van der Waals surface area contributed by atoms with Crippen molar-refractivity contribution >= 4 is 22.5 Å². The lowest BCUT2D eigenvalue weighted by atomic mass is 10.1. The Morgan fingerprint density at radius 1 is 1.36 bits per heavy atom. The molecule has 0 aliphatic heterocycles. The summed E-state index contributed by atoms with van der Waals surface area (Å²) in [6.07, 6.45) is 0.919. The van der Waals surface area contributed by atoms with E-state index in [1.54, 1.807) is 0 Å². The van der Waals surface area contributed by atoms with Gasteiger partial charge in [0.1, 0.15) is 5.15 Å². The molecule has 2 aromatic rings. The number of hydrogen-bond acceptors (Lipinski definition) is 1. The number of aromatic nitrogens is 1. The average molecular weight is 209 g/mol. The molecule has 0 aliphatic carbocycles. The zero-order chi connectivity index (χ0) is 10.1. The lowest BCUT2D eigenvalue weighted by Gasteiger charge is -2.00. The number of nitrogens with zero attached hydrogens (tertiary/aromatic N) is 1. The number of rotatable bonds is 2. The van der Waals surface area contributed by atoms with E-state index in [0.29, 0.717) is 6.54 Å². The van der Waals surface area contributed by atoms with Crippen molar-refractivity contribution in [2.75, 3.05) is 6.54 Å². The van der Waals surface area contributed by atoms with Crippen LogP contribution in [0.1, 0.15) is 5.56 Å². The standard InChI is InChI=1S/C11H13ClN2/c1-14-10-3-2-8(4-5-13)6-9(10)7-11(14)12/h2-3,6-7H,4-5,13H2,1H3. The Morgan fingerprint density at radius 3 is 2.86 bits per heavy atom. The fraction of sp³-hybridized carbons (Fsp3) is 0.273. The van der Waals surface area contributed by atoms with Gasteiger partial charge >= 0.3 is 0 Å². The predicted molar refractivity (Wildman–Crippen MR) is 60.7 cm³/mol. The molecule has 2 nitrogen and oxygen atoms in total. The third-order valence-electron chi connectivity index (χ3n) is 2.48. The highest BCUT2D eigenvalue weighted by atomic mass is 35.5. The fourth-order valence-electron chi connectivity index (χ4n) is 1.69. The van der Waals surface area contributed by atoms with Crippen LogP contribution in [-0.4, -0.2) is 11.1 Å². The molecular formula is C11H13ClN2. The van der Waals surface area contributed by atoms with Gasteiger partial charge in [0.15, 0.2) is 0 Å². The van der Waals surface area contributed by atoms with Crippen LogP contribution < -0.4 is 5.73 Å². The minimum Gasteiger partial charge on any atom is -0.335 e. The third kappa shape index (κ3) is 1.51. The zero-order valence-electron chi connectivity index (χ0n) is 8.13. The van der Waals surface area contributed by atoms with Crippen molar-refractivity contribution < 1.29 is 0 Å². The number of halogens is 1. The summed E-state index contributed by atoms with van der Waals surface area (Å²) in [6, 6.07) is 8.32. The first-order valence-electron chi connectivity index (χ1n) is 4.66. The molecule has 0 spiro atoms. The van der Waals surface area contributed by atoms with E-state index in [2.05, 4.69) is 18.2 Å². The molecule has 1 heterocycles. The van der Waals surface area contributed by atoms with Gasteiger partial charge in [0, 0.05) is 18.0 Å². The predicted octanol–water partition coefficient (Wildman–Crippen LogP) is 2.33. The van der Waals surface area contributed by atoms with E-state index in [4.69, 9.17) is 17.3 Å². The normalized spacial score (nSPS) is 11.1. The average Bonchev–Trinajstić information content (AvgIpc) is 2.43. The van der Waals surface area contributed by atoms with Crippen LogP contribution in [0.3, 0.4) is 0 Å². The fourth-order valence-corrected chi connectivity index (χ4v) is 1.90. The van der Waals surface area contributed by atoms with Crippen LogP contribution in [-0.2, 0) is 13.5 Å². The Bertz CT molecular complexity index is 460. The molecule has 0 bridgehead atoms. The maximum absolute atomic E-state index is 6.02. The van der Waals surface area contributed by atoms with Crippen LogP contribution in [0, 0.1) is 0 Å². The summed E-state index contributed by atoms with van der Waals surface area (Å²) in [4.78, 5) is 0. The molecule has 0 unspecified atom stereocenters. The first kappa shape index (κ1) is 9.56. The number of benzene rings is 1. The molecule has 1 aromatic heterocycles. The molecule has 0 fully saturated rings. The van der Waals surface area contributed by atoms with Gasteiger partial charge in [-0.15, -0.1) is 0 Å². The summed E-state index contributed by atoms with van der Waals surface area (Å²) >= 11 is 6.02. The Balaban J connectivity index is 2.56. The highest BCUT2D eigenvalue weighted by Crippen LogP contribution is 2.23. The molecule has 0 aliphatic rings. The topological polar surface area (TPSA) is 30.9 Å². The van der Waals surface area contributed by atoms with Crippen LogP contribution in [0.5, 0.6) is 0 Å². The molecule has 74 valence electrons. The Labute approximate surface area is 88.3 Å². The largest absolute Gasteiger partial charge is 0.335 e. The van der Waals surface area contributed by atoms with Gasteiger partial charge in [0.25, 0.3) is 0 Å². The number of nitrogens with two attached hydrogens (primary N) is 1. The Kier molecular flexibility index (Phi) is 2.48. The number of fused-ring (bicyclic) bond motifs is 1. The molecule has 0 saturated heterocycles. The van der Waals surface area contributed by atoms with E-state index in [0.717, 1.165) is 17.1 Å². The van der Waals surface area contributed by atoms with Crippen molar-refractivity contribution in [3.63, 3.8) is 0 Å². The summed E-state index contributed by atoms with van der Waals surface area (Å²) < 4.78 is 1.98. The van der Waals surface area contributed by atoms with Gasteiger partial charge in [-0.3, -0.25) is 0 Å². The van der Waals surface area contributed by atoms with Gasteiger partial charge in [-0.2, -0.15) is 0 Å². The van der Waals surface area contributed by atoms with Crippen molar-refractivity contribution in [2.24, 2.45) is 12.8 Å². The van der Waals surface area contributed by atoms with E-state index >= 15 is 0 Å². The molecule has 1 aromatic carbocycles. The first-order chi connectivity index (χ1) is 6.72. The summed E-state index contributed by atoms with van der Waals surface area (Å²) in [5.74, 6) is 0. The SMILES string of the molecule is Cn1c(Cl)cc2cc(CCN)ccc21. The zero-order valence-corrected chi connectivity index (χ0v) is 8.88. The Hall–Kier alpha value is -0.990. The molecular weight excluding hydrogens is 196 g/mol. The minimum absolute atomic E-state index is 0.687. The van der Waals surface area contributed by atoms with Crippen LogP contribution in [0.15, 0.2) is 24.3 Å². The minimum atomic E-state index is 0.687. The summed E-state index contributed by atoms with van der Waals surface area (Å²) in [5.41, 5.74) is 7.94. The van der Waals surface area contributed by atoms with Gasteiger partial charge in [0.05, 0.1) is 0 Å². The van der Waals surface area contributed by atoms with E-state index in [9.17, 15) is 0 Å². The van der Waals surface area contributed by atoms with Crippen molar-refractivity contribution in [1.29, 1.82) is 0 Å². The van der Waals surface area contributed by atoms with Crippen LogP contribution in [0.25, 0.3) is 10.9 Å². The first-order valence-corrected chi connectivity index (χ1v) is 5.04. The smallest absolute Gasteiger partial charge is 0.109 e. The number of hydrogen-bond donors (Lipinski definition) is 1. The quantitative estimate of drug-likeness (QED) is 0.807. The molecule has 0 atom stereocenters. The highest BCUT2D eigenvalue weighted by Gasteiger charge is 2.03. The molecule has 2 N–H and O–H groups in total. The summed E-state index contributed by atoms with van der Waals surface area (Å²) in [7, 11) is 1.97. The van der Waals surface area contributed by atoms with E-state index in [1.807, 2.05) is 17.7 Å². The summed E-state index contributed by atoms with van der Waals surface area (Å²) in [6.45, 7) is 0.687.